The Morgan fingerprint density at radius 1 is 0.861 bits per heavy atom. The first-order valence-corrected chi connectivity index (χ1v) is 11.0. The number of carbonyl (C=O) groups is 3. The fraction of sp³-hybridized carbons (Fsp3) is 0.192. The van der Waals surface area contributed by atoms with E-state index in [1.54, 1.807) is 55.6 Å². The van der Waals surface area contributed by atoms with Crippen LogP contribution >= 0.6 is 0 Å². The Kier molecular flexibility index (Phi) is 9.66. The Labute approximate surface area is 208 Å². The first-order chi connectivity index (χ1) is 17.5. The number of amides is 3. The zero-order valence-corrected chi connectivity index (χ0v) is 19.6. The Hall–Kier alpha value is -4.57. The molecule has 10 nitrogen and oxygen atoms in total. The molecule has 36 heavy (non-hydrogen) atoms. The van der Waals surface area contributed by atoms with E-state index >= 15 is 0 Å². The molecule has 0 radical (unpaired) electrons. The number of methoxy groups -OCH3 is 1. The summed E-state index contributed by atoms with van der Waals surface area (Å²) in [5, 5.41) is 14.0. The van der Waals surface area contributed by atoms with E-state index < -0.39 is 23.9 Å². The largest absolute Gasteiger partial charge is 0.497 e. The van der Waals surface area contributed by atoms with Crippen LogP contribution in [0.25, 0.3) is 0 Å². The third-order valence-electron chi connectivity index (χ3n) is 5.04. The molecule has 0 aromatic heterocycles. The minimum atomic E-state index is -0.942. The van der Waals surface area contributed by atoms with Crippen LogP contribution in [0.1, 0.15) is 11.1 Å². The summed E-state index contributed by atoms with van der Waals surface area (Å²) in [5.41, 5.74) is 3.57. The topological polar surface area (TPSA) is 135 Å². The number of alkyl carbamates (subject to hydrolysis) is 1. The summed E-state index contributed by atoms with van der Waals surface area (Å²) in [6, 6.07) is 21.7. The van der Waals surface area contributed by atoms with Crippen LogP contribution in [0.3, 0.4) is 0 Å². The Morgan fingerprint density at radius 2 is 1.53 bits per heavy atom. The average molecular weight is 494 g/mol. The second-order valence-corrected chi connectivity index (χ2v) is 7.65. The highest BCUT2D eigenvalue weighted by Gasteiger charge is 2.22. The SMILES string of the molecule is COc1ccc(NC(=O)[C@H](Cc2ccc(OCC(=O)NO)cc2)NC(=O)OCc2ccccc2)cc1. The predicted octanol–water partition coefficient (Wildman–Crippen LogP) is 3.06. The van der Waals surface area contributed by atoms with Crippen LogP contribution in [-0.2, 0) is 27.4 Å². The molecule has 188 valence electrons. The molecule has 3 aromatic carbocycles. The van der Waals surface area contributed by atoms with Crippen molar-refractivity contribution in [2.75, 3.05) is 19.0 Å². The van der Waals surface area contributed by atoms with Crippen molar-refractivity contribution in [2.45, 2.75) is 19.1 Å². The lowest BCUT2D eigenvalue weighted by Gasteiger charge is -2.19. The van der Waals surface area contributed by atoms with Gasteiger partial charge in [-0.05, 0) is 47.5 Å². The summed E-state index contributed by atoms with van der Waals surface area (Å²) in [7, 11) is 1.55. The number of hydrogen-bond acceptors (Lipinski definition) is 7. The van der Waals surface area contributed by atoms with Crippen LogP contribution in [0, 0.1) is 0 Å². The molecule has 0 heterocycles. The maximum absolute atomic E-state index is 13.1. The summed E-state index contributed by atoms with van der Waals surface area (Å²) in [4.78, 5) is 36.6. The number of nitrogens with one attached hydrogen (secondary N) is 3. The second kappa shape index (κ2) is 13.4. The first-order valence-electron chi connectivity index (χ1n) is 11.0. The van der Waals surface area contributed by atoms with Crippen molar-refractivity contribution in [3.05, 3.63) is 90.0 Å². The molecule has 0 unspecified atom stereocenters. The van der Waals surface area contributed by atoms with Crippen molar-refractivity contribution in [3.8, 4) is 11.5 Å². The lowest BCUT2D eigenvalue weighted by molar-refractivity contribution is -0.131. The molecule has 3 amide bonds. The lowest BCUT2D eigenvalue weighted by atomic mass is 10.0. The van der Waals surface area contributed by atoms with Crippen molar-refractivity contribution >= 4 is 23.6 Å². The molecule has 0 aliphatic carbocycles. The Bertz CT molecular complexity index is 1140. The highest BCUT2D eigenvalue weighted by Crippen LogP contribution is 2.17. The molecule has 10 heteroatoms. The number of anilines is 1. The van der Waals surface area contributed by atoms with Gasteiger partial charge in [-0.3, -0.25) is 14.8 Å². The maximum atomic E-state index is 13.1. The standard InChI is InChI=1S/C26H27N3O7/c1-34-21-13-9-20(10-14-21)27-25(31)23(28-26(32)36-16-19-5-3-2-4-6-19)15-18-7-11-22(12-8-18)35-17-24(30)29-33/h2-14,23,33H,15-17H2,1H3,(H,27,31)(H,28,32)(H,29,30)/t23-/m0/s1. The lowest BCUT2D eigenvalue weighted by Crippen LogP contribution is -2.45. The predicted molar refractivity (Wildman–Crippen MR) is 131 cm³/mol. The molecule has 1 atom stereocenters. The fourth-order valence-electron chi connectivity index (χ4n) is 3.16. The highest BCUT2D eigenvalue weighted by atomic mass is 16.5. The summed E-state index contributed by atoms with van der Waals surface area (Å²) < 4.78 is 15.7. The summed E-state index contributed by atoms with van der Waals surface area (Å²) in [6.07, 6.45) is -0.566. The van der Waals surface area contributed by atoms with E-state index in [9.17, 15) is 14.4 Å². The van der Waals surface area contributed by atoms with Gasteiger partial charge in [0.25, 0.3) is 5.91 Å². The van der Waals surface area contributed by atoms with Gasteiger partial charge >= 0.3 is 6.09 Å². The van der Waals surface area contributed by atoms with Gasteiger partial charge in [0.2, 0.25) is 5.91 Å². The first kappa shape index (κ1) is 26.0. The van der Waals surface area contributed by atoms with Crippen molar-refractivity contribution < 1.29 is 33.8 Å². The minimum Gasteiger partial charge on any atom is -0.497 e. The van der Waals surface area contributed by atoms with Crippen molar-refractivity contribution in [1.29, 1.82) is 0 Å². The number of hydroxylamine groups is 1. The van der Waals surface area contributed by atoms with Crippen LogP contribution < -0.4 is 25.6 Å². The fourth-order valence-corrected chi connectivity index (χ4v) is 3.16. The minimum absolute atomic E-state index is 0.0624. The van der Waals surface area contributed by atoms with E-state index in [1.807, 2.05) is 30.3 Å². The van der Waals surface area contributed by atoms with Gasteiger partial charge in [0.15, 0.2) is 6.61 Å². The molecule has 0 saturated carbocycles. The van der Waals surface area contributed by atoms with E-state index in [4.69, 9.17) is 19.4 Å². The Balaban J connectivity index is 1.66. The summed E-state index contributed by atoms with van der Waals surface area (Å²) in [6.45, 7) is -0.287. The average Bonchev–Trinajstić information content (AvgIpc) is 2.92. The van der Waals surface area contributed by atoms with Gasteiger partial charge in [-0.15, -0.1) is 0 Å². The van der Waals surface area contributed by atoms with E-state index in [0.29, 0.717) is 17.2 Å². The zero-order chi connectivity index (χ0) is 25.8. The van der Waals surface area contributed by atoms with Crippen LogP contribution in [0.2, 0.25) is 0 Å². The molecular weight excluding hydrogens is 466 g/mol. The van der Waals surface area contributed by atoms with Gasteiger partial charge in [-0.1, -0.05) is 42.5 Å². The summed E-state index contributed by atoms with van der Waals surface area (Å²) >= 11 is 0. The number of ether oxygens (including phenoxy) is 3. The number of rotatable bonds is 11. The van der Waals surface area contributed by atoms with E-state index in [1.165, 1.54) is 5.48 Å². The third kappa shape index (κ3) is 8.33. The van der Waals surface area contributed by atoms with Crippen LogP contribution in [0.15, 0.2) is 78.9 Å². The highest BCUT2D eigenvalue weighted by molar-refractivity contribution is 5.96. The van der Waals surface area contributed by atoms with Gasteiger partial charge in [0, 0.05) is 12.1 Å². The molecule has 0 saturated heterocycles. The van der Waals surface area contributed by atoms with Gasteiger partial charge in [0.05, 0.1) is 7.11 Å². The van der Waals surface area contributed by atoms with Gasteiger partial charge in [0.1, 0.15) is 24.1 Å². The molecule has 3 rings (SSSR count). The normalized spacial score (nSPS) is 11.1. The molecule has 0 spiro atoms. The summed E-state index contributed by atoms with van der Waals surface area (Å²) in [5.74, 6) is -0.0768. The van der Waals surface area contributed by atoms with Gasteiger partial charge in [-0.25, -0.2) is 10.3 Å². The molecule has 0 aliphatic rings. The monoisotopic (exact) mass is 493 g/mol. The second-order valence-electron chi connectivity index (χ2n) is 7.65. The third-order valence-corrected chi connectivity index (χ3v) is 5.04. The Morgan fingerprint density at radius 3 is 2.17 bits per heavy atom. The van der Waals surface area contributed by atoms with Crippen LogP contribution in [-0.4, -0.2) is 42.9 Å². The van der Waals surface area contributed by atoms with Crippen molar-refractivity contribution in [1.82, 2.24) is 10.8 Å². The van der Waals surface area contributed by atoms with Gasteiger partial charge in [-0.2, -0.15) is 0 Å². The molecular formula is C26H27N3O7. The smallest absolute Gasteiger partial charge is 0.408 e. The van der Waals surface area contributed by atoms with Crippen molar-refractivity contribution in [2.24, 2.45) is 0 Å². The van der Waals surface area contributed by atoms with Crippen molar-refractivity contribution in [3.63, 3.8) is 0 Å². The van der Waals surface area contributed by atoms with E-state index in [0.717, 1.165) is 11.1 Å². The number of hydrogen-bond donors (Lipinski definition) is 4. The molecule has 0 aliphatic heterocycles. The number of carbonyl (C=O) groups excluding carboxylic acids is 3. The van der Waals surface area contributed by atoms with E-state index in [2.05, 4.69) is 10.6 Å². The molecule has 0 fully saturated rings. The number of benzene rings is 3. The molecule has 3 aromatic rings. The zero-order valence-electron chi connectivity index (χ0n) is 19.6. The maximum Gasteiger partial charge on any atom is 0.408 e. The van der Waals surface area contributed by atoms with Crippen LogP contribution in [0.5, 0.6) is 11.5 Å². The molecule has 4 N–H and O–H groups in total. The quantitative estimate of drug-likeness (QED) is 0.238. The van der Waals surface area contributed by atoms with E-state index in [-0.39, 0.29) is 19.6 Å². The molecule has 0 bridgehead atoms. The van der Waals surface area contributed by atoms with Gasteiger partial charge < -0.3 is 24.8 Å². The van der Waals surface area contributed by atoms with Crippen LogP contribution in [0.4, 0.5) is 10.5 Å².